The van der Waals surface area contributed by atoms with Gasteiger partial charge in [-0.1, -0.05) is 44.9 Å². The van der Waals surface area contributed by atoms with Crippen LogP contribution >= 0.6 is 0 Å². The third-order valence-corrected chi connectivity index (χ3v) is 4.41. The zero-order chi connectivity index (χ0) is 15.4. The fourth-order valence-electron chi connectivity index (χ4n) is 3.06. The summed E-state index contributed by atoms with van der Waals surface area (Å²) < 4.78 is 5.96. The molecule has 2 rings (SSSR count). The number of rotatable bonds is 5. The molecule has 1 aliphatic rings. The highest BCUT2D eigenvalue weighted by Crippen LogP contribution is 2.28. The van der Waals surface area contributed by atoms with E-state index in [1.54, 1.807) is 0 Å². The number of carbonyl (C=O) groups is 1. The van der Waals surface area contributed by atoms with Gasteiger partial charge in [0.25, 0.3) is 5.91 Å². The van der Waals surface area contributed by atoms with Gasteiger partial charge in [0.05, 0.1) is 0 Å². The number of nitrogens with zero attached hydrogens (tertiary/aromatic N) is 1. The van der Waals surface area contributed by atoms with Crippen LogP contribution in [0.5, 0.6) is 5.75 Å². The number of likely N-dealkylation sites (N-methyl/N-ethyl adjacent to an activating group) is 1. The maximum atomic E-state index is 12.5. The van der Waals surface area contributed by atoms with E-state index in [1.165, 1.54) is 12.8 Å². The van der Waals surface area contributed by atoms with E-state index in [4.69, 9.17) is 4.74 Å². The van der Waals surface area contributed by atoms with Crippen LogP contribution in [0, 0.1) is 0 Å². The van der Waals surface area contributed by atoms with Crippen molar-refractivity contribution in [1.82, 2.24) is 4.90 Å². The molecule has 116 valence electrons. The van der Waals surface area contributed by atoms with E-state index >= 15 is 0 Å². The van der Waals surface area contributed by atoms with Crippen molar-refractivity contribution in [3.8, 4) is 5.75 Å². The van der Waals surface area contributed by atoms with Gasteiger partial charge < -0.3 is 9.64 Å². The van der Waals surface area contributed by atoms with Gasteiger partial charge in [-0.05, 0) is 37.3 Å². The topological polar surface area (TPSA) is 29.5 Å². The molecule has 1 aliphatic carbocycles. The third kappa shape index (κ3) is 3.78. The summed E-state index contributed by atoms with van der Waals surface area (Å²) in [5, 5.41) is 0. The Morgan fingerprint density at radius 1 is 1.19 bits per heavy atom. The summed E-state index contributed by atoms with van der Waals surface area (Å²) in [7, 11) is 1.91. The lowest BCUT2D eigenvalue weighted by Crippen LogP contribution is -2.43. The molecule has 0 N–H and O–H groups in total. The van der Waals surface area contributed by atoms with Crippen LogP contribution in [0.2, 0.25) is 0 Å². The van der Waals surface area contributed by atoms with Crippen LogP contribution in [-0.2, 0) is 4.79 Å². The van der Waals surface area contributed by atoms with Gasteiger partial charge in [0.1, 0.15) is 5.75 Å². The third-order valence-electron chi connectivity index (χ3n) is 4.41. The molecule has 0 heterocycles. The van der Waals surface area contributed by atoms with Gasteiger partial charge >= 0.3 is 0 Å². The zero-order valence-electron chi connectivity index (χ0n) is 13.6. The fraction of sp³-hybridized carbons (Fsp3) is 0.611. The van der Waals surface area contributed by atoms with E-state index < -0.39 is 6.10 Å². The van der Waals surface area contributed by atoms with E-state index in [-0.39, 0.29) is 5.91 Å². The lowest BCUT2D eigenvalue weighted by Gasteiger charge is -2.28. The maximum absolute atomic E-state index is 12.5. The smallest absolute Gasteiger partial charge is 0.263 e. The van der Waals surface area contributed by atoms with Crippen LogP contribution in [0.4, 0.5) is 0 Å². The Labute approximate surface area is 128 Å². The Balaban J connectivity index is 2.03. The second-order valence-electron chi connectivity index (χ2n) is 6.34. The zero-order valence-corrected chi connectivity index (χ0v) is 13.6. The van der Waals surface area contributed by atoms with Crippen molar-refractivity contribution < 1.29 is 9.53 Å². The molecule has 3 nitrogen and oxygen atoms in total. The Morgan fingerprint density at radius 2 is 1.81 bits per heavy atom. The SMILES string of the molecule is CC(C)c1ccccc1O[C@H](C)C(=O)N(C)C1CCCC1. The molecule has 0 bridgehead atoms. The molecule has 21 heavy (non-hydrogen) atoms. The summed E-state index contributed by atoms with van der Waals surface area (Å²) in [6.45, 7) is 6.13. The molecule has 0 radical (unpaired) electrons. The summed E-state index contributed by atoms with van der Waals surface area (Å²) in [5.41, 5.74) is 1.15. The van der Waals surface area contributed by atoms with Gasteiger partial charge in [0.2, 0.25) is 0 Å². The number of hydrogen-bond acceptors (Lipinski definition) is 2. The van der Waals surface area contributed by atoms with Crippen molar-refractivity contribution >= 4 is 5.91 Å². The molecular formula is C18H27NO2. The minimum atomic E-state index is -0.435. The van der Waals surface area contributed by atoms with E-state index in [2.05, 4.69) is 19.9 Å². The number of carbonyl (C=O) groups excluding carboxylic acids is 1. The van der Waals surface area contributed by atoms with E-state index in [1.807, 2.05) is 37.1 Å². The minimum Gasteiger partial charge on any atom is -0.481 e. The lowest BCUT2D eigenvalue weighted by atomic mass is 10.0. The van der Waals surface area contributed by atoms with Gasteiger partial charge in [0.15, 0.2) is 6.10 Å². The Hall–Kier alpha value is -1.51. The summed E-state index contributed by atoms with van der Waals surface area (Å²) in [6.07, 6.45) is 4.27. The fourth-order valence-corrected chi connectivity index (χ4v) is 3.06. The molecule has 1 saturated carbocycles. The molecule has 1 atom stereocenters. The first-order chi connectivity index (χ1) is 10.0. The number of para-hydroxylation sites is 1. The van der Waals surface area contributed by atoms with Gasteiger partial charge in [-0.25, -0.2) is 0 Å². The number of benzene rings is 1. The largest absolute Gasteiger partial charge is 0.481 e. The van der Waals surface area contributed by atoms with Gasteiger partial charge in [0, 0.05) is 13.1 Å². The van der Waals surface area contributed by atoms with Gasteiger partial charge in [-0.2, -0.15) is 0 Å². The van der Waals surface area contributed by atoms with Crippen LogP contribution in [-0.4, -0.2) is 30.0 Å². The van der Waals surface area contributed by atoms with Crippen molar-refractivity contribution in [2.24, 2.45) is 0 Å². The first-order valence-electron chi connectivity index (χ1n) is 8.03. The first kappa shape index (κ1) is 15.9. The summed E-state index contributed by atoms with van der Waals surface area (Å²) in [6, 6.07) is 8.38. The average Bonchev–Trinajstić information content (AvgIpc) is 3.00. The standard InChI is InChI=1S/C18H27NO2/c1-13(2)16-11-7-8-12-17(16)21-14(3)18(20)19(4)15-9-5-6-10-15/h7-8,11-15H,5-6,9-10H2,1-4H3/t14-/m1/s1. The Morgan fingerprint density at radius 3 is 2.43 bits per heavy atom. The predicted octanol–water partition coefficient (Wildman–Crippen LogP) is 3.98. The van der Waals surface area contributed by atoms with E-state index in [0.717, 1.165) is 24.2 Å². The lowest BCUT2D eigenvalue weighted by molar-refractivity contribution is -0.138. The van der Waals surface area contributed by atoms with E-state index in [9.17, 15) is 4.79 Å². The Bertz CT molecular complexity index is 478. The van der Waals surface area contributed by atoms with Crippen LogP contribution < -0.4 is 4.74 Å². The molecular weight excluding hydrogens is 262 g/mol. The van der Waals surface area contributed by atoms with Crippen LogP contribution in [0.3, 0.4) is 0 Å². The molecule has 3 heteroatoms. The number of amides is 1. The van der Waals surface area contributed by atoms with Crippen molar-refractivity contribution in [2.75, 3.05) is 7.05 Å². The van der Waals surface area contributed by atoms with Crippen molar-refractivity contribution in [3.63, 3.8) is 0 Å². The Kier molecular flexibility index (Phi) is 5.27. The summed E-state index contributed by atoms with van der Waals surface area (Å²) in [4.78, 5) is 14.4. The molecule has 0 aromatic heterocycles. The molecule has 0 aliphatic heterocycles. The summed E-state index contributed by atoms with van der Waals surface area (Å²) >= 11 is 0. The van der Waals surface area contributed by atoms with Crippen molar-refractivity contribution in [2.45, 2.75) is 64.5 Å². The maximum Gasteiger partial charge on any atom is 0.263 e. The summed E-state index contributed by atoms with van der Waals surface area (Å²) in [5.74, 6) is 1.30. The van der Waals surface area contributed by atoms with Crippen molar-refractivity contribution in [1.29, 1.82) is 0 Å². The van der Waals surface area contributed by atoms with Crippen LogP contribution in [0.25, 0.3) is 0 Å². The van der Waals surface area contributed by atoms with Gasteiger partial charge in [-0.3, -0.25) is 4.79 Å². The molecule has 1 aromatic carbocycles. The monoisotopic (exact) mass is 289 g/mol. The molecule has 0 saturated heterocycles. The quantitative estimate of drug-likeness (QED) is 0.820. The minimum absolute atomic E-state index is 0.0838. The molecule has 1 aromatic rings. The predicted molar refractivity (Wildman–Crippen MR) is 85.6 cm³/mol. The number of ether oxygens (including phenoxy) is 1. The first-order valence-corrected chi connectivity index (χ1v) is 8.03. The van der Waals surface area contributed by atoms with Crippen LogP contribution in [0.15, 0.2) is 24.3 Å². The van der Waals surface area contributed by atoms with E-state index in [0.29, 0.717) is 12.0 Å². The second-order valence-corrected chi connectivity index (χ2v) is 6.34. The van der Waals surface area contributed by atoms with Crippen molar-refractivity contribution in [3.05, 3.63) is 29.8 Å². The van der Waals surface area contributed by atoms with Crippen LogP contribution in [0.1, 0.15) is 57.9 Å². The molecule has 0 unspecified atom stereocenters. The molecule has 1 fully saturated rings. The second kappa shape index (κ2) is 6.97. The molecule has 1 amide bonds. The molecule has 0 spiro atoms. The highest BCUT2D eigenvalue weighted by molar-refractivity contribution is 5.81. The number of hydrogen-bond donors (Lipinski definition) is 0. The normalized spacial score (nSPS) is 17.0. The average molecular weight is 289 g/mol. The highest BCUT2D eigenvalue weighted by atomic mass is 16.5. The highest BCUT2D eigenvalue weighted by Gasteiger charge is 2.27. The van der Waals surface area contributed by atoms with Gasteiger partial charge in [-0.15, -0.1) is 0 Å².